The molecule has 1 amide bonds. The first kappa shape index (κ1) is 15.4. The van der Waals surface area contributed by atoms with Crippen molar-refractivity contribution in [3.05, 3.63) is 24.3 Å². The van der Waals surface area contributed by atoms with Crippen molar-refractivity contribution in [1.29, 1.82) is 0 Å². The van der Waals surface area contributed by atoms with E-state index in [1.165, 1.54) is 0 Å². The Bertz CT molecular complexity index is 462. The summed E-state index contributed by atoms with van der Waals surface area (Å²) in [6.45, 7) is 8.81. The van der Waals surface area contributed by atoms with Gasteiger partial charge in [-0.15, -0.1) is 0 Å². The Hall–Kier alpha value is -1.95. The maximum atomic E-state index is 11.5. The molecule has 1 saturated heterocycles. The summed E-state index contributed by atoms with van der Waals surface area (Å²) in [5, 5.41) is 0. The number of nitrogens with one attached hydrogen (secondary N) is 2. The molecule has 1 aromatic carbocycles. The van der Waals surface area contributed by atoms with Crippen LogP contribution in [-0.4, -0.2) is 38.0 Å². The van der Waals surface area contributed by atoms with Crippen LogP contribution in [0.1, 0.15) is 20.8 Å². The second-order valence-corrected chi connectivity index (χ2v) is 5.90. The lowest BCUT2D eigenvalue weighted by Crippen LogP contribution is -2.36. The fourth-order valence-corrected chi connectivity index (χ4v) is 2.00. The highest BCUT2D eigenvalue weighted by Crippen LogP contribution is 2.18. The maximum Gasteiger partial charge on any atom is 0.426 e. The van der Waals surface area contributed by atoms with Crippen molar-refractivity contribution in [1.82, 2.24) is 5.43 Å². The van der Waals surface area contributed by atoms with Gasteiger partial charge in [-0.3, -0.25) is 5.43 Å². The molecule has 1 aliphatic rings. The van der Waals surface area contributed by atoms with Crippen LogP contribution in [0.2, 0.25) is 0 Å². The summed E-state index contributed by atoms with van der Waals surface area (Å²) in [7, 11) is 0. The van der Waals surface area contributed by atoms with Crippen LogP contribution in [0.4, 0.5) is 16.2 Å². The van der Waals surface area contributed by atoms with Gasteiger partial charge in [-0.1, -0.05) is 0 Å². The third-order valence-corrected chi connectivity index (χ3v) is 2.95. The van der Waals surface area contributed by atoms with Gasteiger partial charge in [0.1, 0.15) is 5.60 Å². The van der Waals surface area contributed by atoms with Gasteiger partial charge >= 0.3 is 6.09 Å². The van der Waals surface area contributed by atoms with Crippen LogP contribution in [0.5, 0.6) is 0 Å². The van der Waals surface area contributed by atoms with Crippen LogP contribution in [0, 0.1) is 0 Å². The summed E-state index contributed by atoms with van der Waals surface area (Å²) in [6, 6.07) is 7.87. The zero-order valence-electron chi connectivity index (χ0n) is 12.8. The summed E-state index contributed by atoms with van der Waals surface area (Å²) >= 11 is 0. The van der Waals surface area contributed by atoms with Crippen molar-refractivity contribution >= 4 is 17.5 Å². The third-order valence-electron chi connectivity index (χ3n) is 2.95. The highest BCUT2D eigenvalue weighted by Gasteiger charge is 2.15. The van der Waals surface area contributed by atoms with Gasteiger partial charge in [0, 0.05) is 18.8 Å². The smallest absolute Gasteiger partial charge is 0.426 e. The van der Waals surface area contributed by atoms with Gasteiger partial charge in [0.15, 0.2) is 0 Å². The molecule has 1 aliphatic heterocycles. The summed E-state index contributed by atoms with van der Waals surface area (Å²) in [4.78, 5) is 13.8. The predicted molar refractivity (Wildman–Crippen MR) is 82.5 cm³/mol. The minimum atomic E-state index is -0.508. The molecule has 6 heteroatoms. The molecular formula is C15H23N3O3. The minimum absolute atomic E-state index is 0.500. The lowest BCUT2D eigenvalue weighted by atomic mass is 10.2. The molecule has 0 aromatic heterocycles. The molecule has 1 aromatic rings. The van der Waals surface area contributed by atoms with Crippen molar-refractivity contribution in [3.63, 3.8) is 0 Å². The van der Waals surface area contributed by atoms with E-state index in [9.17, 15) is 4.79 Å². The summed E-state index contributed by atoms with van der Waals surface area (Å²) < 4.78 is 10.5. The van der Waals surface area contributed by atoms with E-state index in [4.69, 9.17) is 9.47 Å². The lowest BCUT2D eigenvalue weighted by molar-refractivity contribution is 0.0541. The first-order valence-corrected chi connectivity index (χ1v) is 7.12. The monoisotopic (exact) mass is 293 g/mol. The average molecular weight is 293 g/mol. The molecule has 0 bridgehead atoms. The van der Waals surface area contributed by atoms with Crippen molar-refractivity contribution in [2.24, 2.45) is 0 Å². The predicted octanol–water partition coefficient (Wildman–Crippen LogP) is 2.37. The molecule has 0 radical (unpaired) electrons. The second kappa shape index (κ2) is 6.67. The van der Waals surface area contributed by atoms with E-state index in [0.29, 0.717) is 0 Å². The number of carbonyl (C=O) groups excluding carboxylic acids is 1. The summed E-state index contributed by atoms with van der Waals surface area (Å²) in [5.41, 5.74) is 6.79. The number of rotatable bonds is 3. The highest BCUT2D eigenvalue weighted by molar-refractivity contribution is 5.70. The fourth-order valence-electron chi connectivity index (χ4n) is 2.00. The normalized spacial score (nSPS) is 15.5. The van der Waals surface area contributed by atoms with Crippen LogP contribution in [0.15, 0.2) is 24.3 Å². The molecule has 0 atom stereocenters. The number of nitrogens with zero attached hydrogens (tertiary/aromatic N) is 1. The molecule has 21 heavy (non-hydrogen) atoms. The Kier molecular flexibility index (Phi) is 4.90. The van der Waals surface area contributed by atoms with E-state index >= 15 is 0 Å². The SMILES string of the molecule is CC(C)(C)OC(=O)NNc1ccc(N2CCOCC2)cc1. The Morgan fingerprint density at radius 2 is 1.81 bits per heavy atom. The number of benzene rings is 1. The minimum Gasteiger partial charge on any atom is -0.443 e. The van der Waals surface area contributed by atoms with Crippen molar-refractivity contribution in [3.8, 4) is 0 Å². The Balaban J connectivity index is 1.83. The van der Waals surface area contributed by atoms with Crippen molar-refractivity contribution in [2.45, 2.75) is 26.4 Å². The number of hydrazine groups is 1. The zero-order chi connectivity index (χ0) is 15.3. The van der Waals surface area contributed by atoms with Gasteiger partial charge in [0.2, 0.25) is 0 Å². The quantitative estimate of drug-likeness (QED) is 0.838. The molecule has 116 valence electrons. The van der Waals surface area contributed by atoms with E-state index in [2.05, 4.69) is 15.8 Å². The standard InChI is InChI=1S/C15H23N3O3/c1-15(2,3)21-14(19)17-16-12-4-6-13(7-5-12)18-8-10-20-11-9-18/h4-7,16H,8-11H2,1-3H3,(H,17,19). The van der Waals surface area contributed by atoms with Gasteiger partial charge < -0.3 is 14.4 Å². The molecule has 0 aliphatic carbocycles. The molecule has 1 heterocycles. The molecule has 0 spiro atoms. The van der Waals surface area contributed by atoms with E-state index in [1.54, 1.807) is 0 Å². The van der Waals surface area contributed by atoms with E-state index in [1.807, 2.05) is 45.0 Å². The highest BCUT2D eigenvalue weighted by atomic mass is 16.6. The summed E-state index contributed by atoms with van der Waals surface area (Å²) in [6.07, 6.45) is -0.500. The number of carbonyl (C=O) groups is 1. The average Bonchev–Trinajstić information content (AvgIpc) is 2.45. The third kappa shape index (κ3) is 5.15. The molecule has 6 nitrogen and oxygen atoms in total. The molecule has 2 N–H and O–H groups in total. The topological polar surface area (TPSA) is 62.8 Å². The van der Waals surface area contributed by atoms with Crippen LogP contribution in [0.25, 0.3) is 0 Å². The first-order valence-electron chi connectivity index (χ1n) is 7.12. The number of anilines is 2. The summed E-state index contributed by atoms with van der Waals surface area (Å²) in [5.74, 6) is 0. The number of ether oxygens (including phenoxy) is 2. The van der Waals surface area contributed by atoms with Crippen LogP contribution >= 0.6 is 0 Å². The number of hydrogen-bond acceptors (Lipinski definition) is 5. The van der Waals surface area contributed by atoms with Gasteiger partial charge in [-0.05, 0) is 45.0 Å². The molecule has 0 saturated carbocycles. The maximum absolute atomic E-state index is 11.5. The van der Waals surface area contributed by atoms with Crippen LogP contribution in [0.3, 0.4) is 0 Å². The Morgan fingerprint density at radius 1 is 1.19 bits per heavy atom. The van der Waals surface area contributed by atoms with Gasteiger partial charge in [0.05, 0.1) is 18.9 Å². The number of hydrogen-bond donors (Lipinski definition) is 2. The van der Waals surface area contributed by atoms with Crippen LogP contribution in [-0.2, 0) is 9.47 Å². The van der Waals surface area contributed by atoms with Gasteiger partial charge in [-0.25, -0.2) is 10.2 Å². The molecule has 0 unspecified atom stereocenters. The molecule has 1 fully saturated rings. The number of morpholine rings is 1. The van der Waals surface area contributed by atoms with Crippen molar-refractivity contribution in [2.75, 3.05) is 36.6 Å². The number of amides is 1. The van der Waals surface area contributed by atoms with Gasteiger partial charge in [-0.2, -0.15) is 0 Å². The largest absolute Gasteiger partial charge is 0.443 e. The Morgan fingerprint density at radius 3 is 2.38 bits per heavy atom. The molecule has 2 rings (SSSR count). The second-order valence-electron chi connectivity index (χ2n) is 5.90. The zero-order valence-corrected chi connectivity index (χ0v) is 12.8. The Labute approximate surface area is 125 Å². The van der Waals surface area contributed by atoms with Crippen LogP contribution < -0.4 is 15.8 Å². The fraction of sp³-hybridized carbons (Fsp3) is 0.533. The van der Waals surface area contributed by atoms with E-state index < -0.39 is 11.7 Å². The molecular weight excluding hydrogens is 270 g/mol. The van der Waals surface area contributed by atoms with E-state index in [-0.39, 0.29) is 0 Å². The van der Waals surface area contributed by atoms with Gasteiger partial charge in [0.25, 0.3) is 0 Å². The lowest BCUT2D eigenvalue weighted by Gasteiger charge is -2.29. The van der Waals surface area contributed by atoms with Crippen molar-refractivity contribution < 1.29 is 14.3 Å². The first-order chi connectivity index (χ1) is 9.94. The van der Waals surface area contributed by atoms with E-state index in [0.717, 1.165) is 37.7 Å².